The van der Waals surface area contributed by atoms with Crippen molar-refractivity contribution in [3.63, 3.8) is 0 Å². The summed E-state index contributed by atoms with van der Waals surface area (Å²) in [4.78, 5) is 77.5. The van der Waals surface area contributed by atoms with E-state index in [9.17, 15) is 33.9 Å². The molecule has 2 rings (SSSR count). The fraction of sp³-hybridized carbons (Fsp3) is 0.500. The SMILES string of the molecule is CCCCc1ccc(-c2ccc(C(=O)N[C@@H](CCN)C(=O)N[C@H](C(=O)N[C@@H](N)C(=O)N[C@@H](CCCCN)C(=O)N[C@@H](N)C(=O)NSC)[C@@H](C)O)cc2)cc1. The number of amides is 6. The van der Waals surface area contributed by atoms with E-state index in [1.165, 1.54) is 12.5 Å². The second-order valence-corrected chi connectivity index (χ2v) is 13.3. The molecule has 0 bridgehead atoms. The molecule has 2 aromatic carbocycles. The predicted octanol–water partition coefficient (Wildman–Crippen LogP) is -1.18. The number of nitrogens with one attached hydrogen (secondary N) is 6. The maximum absolute atomic E-state index is 13.3. The summed E-state index contributed by atoms with van der Waals surface area (Å²) in [6, 6.07) is 11.1. The number of benzene rings is 2. The third-order valence-corrected chi connectivity index (χ3v) is 8.74. The van der Waals surface area contributed by atoms with Crippen LogP contribution >= 0.6 is 11.9 Å². The van der Waals surface area contributed by atoms with Crippen molar-refractivity contribution in [2.24, 2.45) is 22.9 Å². The smallest absolute Gasteiger partial charge is 0.267 e. The molecule has 0 spiro atoms. The number of rotatable bonds is 23. The zero-order chi connectivity index (χ0) is 40.2. The van der Waals surface area contributed by atoms with Crippen molar-refractivity contribution in [1.29, 1.82) is 0 Å². The molecular formula is C36H56N10O7S. The number of aliphatic hydroxyl groups is 1. The van der Waals surface area contributed by atoms with E-state index in [4.69, 9.17) is 22.9 Å². The summed E-state index contributed by atoms with van der Waals surface area (Å²) in [5.41, 5.74) is 26.4. The van der Waals surface area contributed by atoms with Gasteiger partial charge in [-0.2, -0.15) is 0 Å². The van der Waals surface area contributed by atoms with Gasteiger partial charge in [0.1, 0.15) is 18.1 Å². The minimum Gasteiger partial charge on any atom is -0.391 e. The average molecular weight is 773 g/mol. The molecule has 0 aliphatic rings. The lowest BCUT2D eigenvalue weighted by atomic mass is 10.0. The fourth-order valence-electron chi connectivity index (χ4n) is 5.21. The van der Waals surface area contributed by atoms with Crippen molar-refractivity contribution >= 4 is 47.4 Å². The monoisotopic (exact) mass is 772 g/mol. The van der Waals surface area contributed by atoms with E-state index in [0.717, 1.165) is 42.3 Å². The lowest BCUT2D eigenvalue weighted by molar-refractivity contribution is -0.136. The molecular weight excluding hydrogens is 717 g/mol. The van der Waals surface area contributed by atoms with Crippen molar-refractivity contribution in [1.82, 2.24) is 31.3 Å². The van der Waals surface area contributed by atoms with Crippen molar-refractivity contribution in [2.45, 2.75) is 95.4 Å². The largest absolute Gasteiger partial charge is 0.391 e. The summed E-state index contributed by atoms with van der Waals surface area (Å²) in [6.07, 6.45) is 1.33. The van der Waals surface area contributed by atoms with Crippen LogP contribution in [0.15, 0.2) is 48.5 Å². The number of carbonyl (C=O) groups excluding carboxylic acids is 6. The zero-order valence-corrected chi connectivity index (χ0v) is 31.9. The van der Waals surface area contributed by atoms with Gasteiger partial charge in [-0.1, -0.05) is 61.7 Å². The zero-order valence-electron chi connectivity index (χ0n) is 31.1. The third-order valence-electron chi connectivity index (χ3n) is 8.34. The summed E-state index contributed by atoms with van der Waals surface area (Å²) in [5, 5.41) is 22.4. The highest BCUT2D eigenvalue weighted by Gasteiger charge is 2.32. The van der Waals surface area contributed by atoms with Gasteiger partial charge in [0.2, 0.25) is 17.7 Å². The lowest BCUT2D eigenvalue weighted by Crippen LogP contribution is -2.63. The molecule has 18 heteroatoms. The summed E-state index contributed by atoms with van der Waals surface area (Å²) in [7, 11) is 0. The minimum absolute atomic E-state index is 0.00626. The highest BCUT2D eigenvalue weighted by atomic mass is 32.2. The number of carbonyl (C=O) groups is 6. The summed E-state index contributed by atoms with van der Waals surface area (Å²) in [6.45, 7) is 3.73. The molecule has 0 radical (unpaired) electrons. The minimum atomic E-state index is -1.73. The Hall–Kier alpha value is -4.59. The first kappa shape index (κ1) is 45.6. The second kappa shape index (κ2) is 23.9. The van der Waals surface area contributed by atoms with Crippen LogP contribution in [0.4, 0.5) is 0 Å². The van der Waals surface area contributed by atoms with Crippen LogP contribution in [0, 0.1) is 0 Å². The van der Waals surface area contributed by atoms with Crippen molar-refractivity contribution in [3.8, 4) is 11.1 Å². The summed E-state index contributed by atoms with van der Waals surface area (Å²) >= 11 is 0.986. The number of aliphatic hydroxyl groups excluding tert-OH is 1. The molecule has 0 aromatic heterocycles. The van der Waals surface area contributed by atoms with E-state index >= 15 is 0 Å². The van der Waals surface area contributed by atoms with E-state index in [1.807, 2.05) is 12.1 Å². The predicted molar refractivity (Wildman–Crippen MR) is 208 cm³/mol. The Morgan fingerprint density at radius 3 is 1.78 bits per heavy atom. The molecule has 298 valence electrons. The lowest BCUT2D eigenvalue weighted by Gasteiger charge is -2.26. The van der Waals surface area contributed by atoms with Crippen LogP contribution < -0.4 is 54.2 Å². The Labute approximate surface area is 320 Å². The number of aryl methyl sites for hydroxylation is 1. The van der Waals surface area contributed by atoms with Crippen LogP contribution in [0.25, 0.3) is 11.1 Å². The van der Waals surface area contributed by atoms with Crippen molar-refractivity contribution < 1.29 is 33.9 Å². The summed E-state index contributed by atoms with van der Waals surface area (Å²) < 4.78 is 2.39. The second-order valence-electron chi connectivity index (χ2n) is 12.7. The van der Waals surface area contributed by atoms with Gasteiger partial charge in [-0.25, -0.2) is 0 Å². The van der Waals surface area contributed by atoms with Gasteiger partial charge in [0, 0.05) is 11.8 Å². The first-order valence-electron chi connectivity index (χ1n) is 17.9. The van der Waals surface area contributed by atoms with Crippen LogP contribution in [0.5, 0.6) is 0 Å². The summed E-state index contributed by atoms with van der Waals surface area (Å²) in [5.74, 6) is -4.80. The molecule has 0 aliphatic carbocycles. The Balaban J connectivity index is 2.06. The molecule has 0 saturated heterocycles. The molecule has 0 heterocycles. The molecule has 0 aliphatic heterocycles. The molecule has 0 saturated carbocycles. The molecule has 0 fully saturated rings. The van der Waals surface area contributed by atoms with Gasteiger partial charge in [-0.05, 0) is 87.4 Å². The molecule has 2 aromatic rings. The standard InChI is InChI=1S/C36H56N10O7S/c1-4-5-8-22-10-12-23(13-11-22)24-14-16-25(17-15-24)31(48)41-27(18-20-38)32(49)43-28(21(2)47)34(51)45-29(39)35(52)42-26(9-6-7-19-37)33(50)44-30(40)36(53)46-54-3/h10-17,21,26-30,47H,4-9,18-20,37-40H2,1-3H3,(H,41,48)(H,42,52)(H,43,49)(H,44,50)(H,45,51)(H,46,53)/t21-,26+,27+,28+,29-,30-/m1/s1. The molecule has 6 atom stereocenters. The quantitative estimate of drug-likeness (QED) is 0.0362. The molecule has 17 nitrogen and oxygen atoms in total. The Morgan fingerprint density at radius 1 is 0.667 bits per heavy atom. The number of nitrogens with two attached hydrogens (primary N) is 4. The van der Waals surface area contributed by atoms with Gasteiger partial charge < -0.3 is 54.6 Å². The van der Waals surface area contributed by atoms with Crippen molar-refractivity contribution in [2.75, 3.05) is 19.3 Å². The topological polar surface area (TPSA) is 299 Å². The Kier molecular flexibility index (Phi) is 20.2. The maximum atomic E-state index is 13.3. The highest BCUT2D eigenvalue weighted by Crippen LogP contribution is 2.21. The van der Waals surface area contributed by atoms with Crippen LogP contribution in [-0.2, 0) is 30.4 Å². The molecule has 0 unspecified atom stereocenters. The van der Waals surface area contributed by atoms with Gasteiger partial charge in [-0.3, -0.25) is 33.5 Å². The van der Waals surface area contributed by atoms with Crippen molar-refractivity contribution in [3.05, 3.63) is 59.7 Å². The Bertz CT molecular complexity index is 1530. The van der Waals surface area contributed by atoms with E-state index < -0.39 is 72.0 Å². The molecule has 54 heavy (non-hydrogen) atoms. The first-order valence-corrected chi connectivity index (χ1v) is 19.1. The van der Waals surface area contributed by atoms with E-state index in [1.54, 1.807) is 30.5 Å². The van der Waals surface area contributed by atoms with E-state index in [-0.39, 0.29) is 24.9 Å². The third kappa shape index (κ3) is 15.0. The maximum Gasteiger partial charge on any atom is 0.267 e. The fourth-order valence-corrected chi connectivity index (χ4v) is 5.54. The van der Waals surface area contributed by atoms with E-state index in [2.05, 4.69) is 50.4 Å². The van der Waals surface area contributed by atoms with Gasteiger partial charge in [0.25, 0.3) is 17.7 Å². The van der Waals surface area contributed by atoms with Crippen LogP contribution in [0.2, 0.25) is 0 Å². The van der Waals surface area contributed by atoms with Gasteiger partial charge >= 0.3 is 0 Å². The normalized spacial score (nSPS) is 14.3. The van der Waals surface area contributed by atoms with Crippen LogP contribution in [0.1, 0.15) is 68.3 Å². The van der Waals surface area contributed by atoms with Gasteiger partial charge in [0.05, 0.1) is 6.10 Å². The van der Waals surface area contributed by atoms with Gasteiger partial charge in [-0.15, -0.1) is 0 Å². The Morgan fingerprint density at radius 2 is 1.22 bits per heavy atom. The number of hydrogen-bond donors (Lipinski definition) is 11. The molecule has 6 amide bonds. The number of hydrogen-bond acceptors (Lipinski definition) is 12. The van der Waals surface area contributed by atoms with E-state index in [0.29, 0.717) is 19.4 Å². The first-order chi connectivity index (χ1) is 25.8. The highest BCUT2D eigenvalue weighted by molar-refractivity contribution is 7.97. The number of unbranched alkanes of at least 4 members (excludes halogenated alkanes) is 2. The molecule has 15 N–H and O–H groups in total. The average Bonchev–Trinajstić information content (AvgIpc) is 3.15. The van der Waals surface area contributed by atoms with Crippen LogP contribution in [-0.4, -0.2) is 96.5 Å². The van der Waals surface area contributed by atoms with Crippen LogP contribution in [0.3, 0.4) is 0 Å². The van der Waals surface area contributed by atoms with Gasteiger partial charge in [0.15, 0.2) is 12.3 Å².